The van der Waals surface area contributed by atoms with Gasteiger partial charge < -0.3 is 20.4 Å². The number of ether oxygens (including phenoxy) is 1. The molecule has 9 nitrogen and oxygen atoms in total. The molecule has 0 spiro atoms. The monoisotopic (exact) mass is 478 g/mol. The minimum atomic E-state index is -0.684. The SMILES string of the molecule is CC(C)(C)OC(=O)n1c(Cn2cccc(NC(=O)CCC/C=C/C(N)=O)c2=O)cc2ccccc21. The van der Waals surface area contributed by atoms with E-state index in [1.807, 2.05) is 30.3 Å². The summed E-state index contributed by atoms with van der Waals surface area (Å²) in [6, 6.07) is 12.5. The highest BCUT2D eigenvalue weighted by Crippen LogP contribution is 2.22. The lowest BCUT2D eigenvalue weighted by atomic mass is 10.2. The van der Waals surface area contributed by atoms with Crippen molar-refractivity contribution in [2.45, 2.75) is 52.2 Å². The average molecular weight is 479 g/mol. The van der Waals surface area contributed by atoms with Gasteiger partial charge in [-0.05, 0) is 64.0 Å². The fourth-order valence-electron chi connectivity index (χ4n) is 3.58. The highest BCUT2D eigenvalue weighted by molar-refractivity contribution is 5.91. The number of anilines is 1. The van der Waals surface area contributed by atoms with E-state index < -0.39 is 23.2 Å². The minimum absolute atomic E-state index is 0.106. The number of rotatable bonds is 8. The van der Waals surface area contributed by atoms with E-state index in [-0.39, 0.29) is 24.6 Å². The van der Waals surface area contributed by atoms with E-state index in [1.165, 1.54) is 21.3 Å². The van der Waals surface area contributed by atoms with Gasteiger partial charge in [-0.2, -0.15) is 0 Å². The first kappa shape index (κ1) is 25.5. The Morgan fingerprint density at radius 1 is 1.11 bits per heavy atom. The molecule has 3 rings (SSSR count). The molecular weight excluding hydrogens is 448 g/mol. The maximum Gasteiger partial charge on any atom is 0.419 e. The third-order valence-corrected chi connectivity index (χ3v) is 5.05. The third-order valence-electron chi connectivity index (χ3n) is 5.05. The fraction of sp³-hybridized carbons (Fsp3) is 0.308. The first-order chi connectivity index (χ1) is 16.5. The van der Waals surface area contributed by atoms with Crippen molar-refractivity contribution in [2.75, 3.05) is 5.32 Å². The van der Waals surface area contributed by atoms with Crippen LogP contribution in [0.15, 0.2) is 65.6 Å². The Balaban J connectivity index is 1.81. The van der Waals surface area contributed by atoms with Gasteiger partial charge in [0, 0.05) is 23.7 Å². The summed E-state index contributed by atoms with van der Waals surface area (Å²) in [5.74, 6) is -0.847. The smallest absolute Gasteiger partial charge is 0.419 e. The number of para-hydroxylation sites is 1. The second-order valence-electron chi connectivity index (χ2n) is 9.11. The number of pyridine rings is 1. The Hall–Kier alpha value is -4.14. The lowest BCUT2D eigenvalue weighted by molar-refractivity contribution is -0.116. The Morgan fingerprint density at radius 3 is 2.57 bits per heavy atom. The zero-order valence-electron chi connectivity index (χ0n) is 20.1. The standard InChI is InChI=1S/C26H30N4O5/c1-26(2,3)35-25(34)30-19(16-18-10-7-8-12-21(18)30)17-29-15-9-11-20(24(29)33)28-23(32)14-6-4-5-13-22(27)31/h5,7-13,15-16H,4,6,14,17H2,1-3H3,(H2,27,31)(H,28,32)/b13-5+. The minimum Gasteiger partial charge on any atom is -0.443 e. The van der Waals surface area contributed by atoms with Crippen molar-refractivity contribution >= 4 is 34.5 Å². The zero-order valence-corrected chi connectivity index (χ0v) is 20.1. The number of nitrogens with zero attached hydrogens (tertiary/aromatic N) is 2. The van der Waals surface area contributed by atoms with Crippen LogP contribution in [0.25, 0.3) is 10.9 Å². The predicted octanol–water partition coefficient (Wildman–Crippen LogP) is 3.78. The zero-order chi connectivity index (χ0) is 25.6. The van der Waals surface area contributed by atoms with E-state index >= 15 is 0 Å². The van der Waals surface area contributed by atoms with Crippen LogP contribution in [0.1, 0.15) is 45.7 Å². The Labute approximate surface area is 203 Å². The molecule has 2 aromatic heterocycles. The van der Waals surface area contributed by atoms with Gasteiger partial charge in [0.25, 0.3) is 5.56 Å². The molecule has 0 radical (unpaired) electrons. The molecular formula is C26H30N4O5. The second kappa shape index (κ2) is 10.9. The van der Waals surface area contributed by atoms with Crippen molar-refractivity contribution in [3.63, 3.8) is 0 Å². The van der Waals surface area contributed by atoms with Crippen molar-refractivity contribution in [2.24, 2.45) is 5.73 Å². The van der Waals surface area contributed by atoms with Crippen LogP contribution in [0.2, 0.25) is 0 Å². The molecule has 3 N–H and O–H groups in total. The molecule has 0 saturated carbocycles. The molecule has 2 amide bonds. The van der Waals surface area contributed by atoms with Gasteiger partial charge in [0.15, 0.2) is 0 Å². The summed E-state index contributed by atoms with van der Waals surface area (Å²) in [5.41, 5.74) is 5.35. The molecule has 1 aromatic carbocycles. The normalized spacial score (nSPS) is 11.6. The van der Waals surface area contributed by atoms with Crippen molar-refractivity contribution in [3.8, 4) is 0 Å². The Bertz CT molecular complexity index is 1330. The number of benzene rings is 1. The first-order valence-corrected chi connectivity index (χ1v) is 11.3. The molecule has 0 aliphatic heterocycles. The molecule has 0 saturated heterocycles. The summed E-state index contributed by atoms with van der Waals surface area (Å²) in [4.78, 5) is 49.0. The molecule has 184 valence electrons. The van der Waals surface area contributed by atoms with Gasteiger partial charge in [-0.15, -0.1) is 0 Å². The van der Waals surface area contributed by atoms with Gasteiger partial charge in [0.05, 0.1) is 12.1 Å². The van der Waals surface area contributed by atoms with Crippen molar-refractivity contribution in [3.05, 3.63) is 76.9 Å². The van der Waals surface area contributed by atoms with Crippen LogP contribution in [-0.2, 0) is 20.9 Å². The summed E-state index contributed by atoms with van der Waals surface area (Å²) in [6.07, 6.45) is 5.14. The molecule has 0 aliphatic rings. The number of aromatic nitrogens is 2. The lowest BCUT2D eigenvalue weighted by Crippen LogP contribution is -2.30. The summed E-state index contributed by atoms with van der Waals surface area (Å²) < 4.78 is 8.49. The molecule has 9 heteroatoms. The topological polar surface area (TPSA) is 125 Å². The van der Waals surface area contributed by atoms with Crippen molar-refractivity contribution in [1.82, 2.24) is 9.13 Å². The van der Waals surface area contributed by atoms with Crippen LogP contribution in [0.3, 0.4) is 0 Å². The number of amides is 2. The number of unbranched alkanes of at least 4 members (excludes halogenated alkanes) is 1. The van der Waals surface area contributed by atoms with Crippen LogP contribution in [0.4, 0.5) is 10.5 Å². The van der Waals surface area contributed by atoms with Crippen LogP contribution in [0, 0.1) is 0 Å². The number of carbonyl (C=O) groups is 3. The van der Waals surface area contributed by atoms with Gasteiger partial charge in [0.2, 0.25) is 11.8 Å². The lowest BCUT2D eigenvalue weighted by Gasteiger charge is -2.21. The molecule has 2 heterocycles. The van der Waals surface area contributed by atoms with Crippen LogP contribution >= 0.6 is 0 Å². The summed E-state index contributed by atoms with van der Waals surface area (Å²) >= 11 is 0. The Kier molecular flexibility index (Phi) is 7.91. The van der Waals surface area contributed by atoms with E-state index in [2.05, 4.69) is 5.32 Å². The number of allylic oxidation sites excluding steroid dienone is 1. The van der Waals surface area contributed by atoms with E-state index in [4.69, 9.17) is 10.5 Å². The van der Waals surface area contributed by atoms with E-state index in [1.54, 1.807) is 39.1 Å². The summed E-state index contributed by atoms with van der Waals surface area (Å²) in [7, 11) is 0. The van der Waals surface area contributed by atoms with Crippen LogP contribution in [0.5, 0.6) is 0 Å². The highest BCUT2D eigenvalue weighted by atomic mass is 16.6. The third kappa shape index (κ3) is 6.92. The molecule has 0 atom stereocenters. The largest absolute Gasteiger partial charge is 0.443 e. The fourth-order valence-corrected chi connectivity index (χ4v) is 3.58. The second-order valence-corrected chi connectivity index (χ2v) is 9.11. The predicted molar refractivity (Wildman–Crippen MR) is 134 cm³/mol. The number of hydrogen-bond donors (Lipinski definition) is 2. The van der Waals surface area contributed by atoms with Gasteiger partial charge in [-0.25, -0.2) is 9.36 Å². The molecule has 0 bridgehead atoms. The molecule has 35 heavy (non-hydrogen) atoms. The number of carbonyl (C=O) groups excluding carboxylic acids is 3. The van der Waals surface area contributed by atoms with Gasteiger partial charge in [0.1, 0.15) is 11.3 Å². The van der Waals surface area contributed by atoms with E-state index in [0.717, 1.165) is 5.39 Å². The molecule has 0 fully saturated rings. The molecule has 0 aliphatic carbocycles. The number of primary amides is 1. The van der Waals surface area contributed by atoms with Gasteiger partial charge >= 0.3 is 6.09 Å². The summed E-state index contributed by atoms with van der Waals surface area (Å²) in [6.45, 7) is 5.48. The van der Waals surface area contributed by atoms with Crippen LogP contribution in [-0.4, -0.2) is 32.6 Å². The molecule has 0 unspecified atom stereocenters. The maximum absolute atomic E-state index is 13.0. The Morgan fingerprint density at radius 2 is 1.86 bits per heavy atom. The maximum atomic E-state index is 13.0. The number of hydrogen-bond acceptors (Lipinski definition) is 5. The summed E-state index contributed by atoms with van der Waals surface area (Å²) in [5, 5.41) is 3.49. The number of nitrogens with two attached hydrogens (primary N) is 1. The number of fused-ring (bicyclic) bond motifs is 1. The number of nitrogens with one attached hydrogen (secondary N) is 1. The first-order valence-electron chi connectivity index (χ1n) is 11.3. The van der Waals surface area contributed by atoms with E-state index in [9.17, 15) is 19.2 Å². The van der Waals surface area contributed by atoms with E-state index in [0.29, 0.717) is 24.1 Å². The quantitative estimate of drug-likeness (QED) is 0.376. The van der Waals surface area contributed by atoms with Gasteiger partial charge in [-0.1, -0.05) is 24.3 Å². The van der Waals surface area contributed by atoms with Crippen molar-refractivity contribution in [1.29, 1.82) is 0 Å². The van der Waals surface area contributed by atoms with Crippen LogP contribution < -0.4 is 16.6 Å². The molecule has 3 aromatic rings. The highest BCUT2D eigenvalue weighted by Gasteiger charge is 2.22. The average Bonchev–Trinajstić information content (AvgIpc) is 3.13. The van der Waals surface area contributed by atoms with Crippen molar-refractivity contribution < 1.29 is 19.1 Å². The van der Waals surface area contributed by atoms with Gasteiger partial charge in [-0.3, -0.25) is 14.4 Å².